The first kappa shape index (κ1) is 23.9. The van der Waals surface area contributed by atoms with Crippen LogP contribution in [0, 0.1) is 6.92 Å². The summed E-state index contributed by atoms with van der Waals surface area (Å²) in [6.07, 6.45) is 0. The summed E-state index contributed by atoms with van der Waals surface area (Å²) in [4.78, 5) is 40.3. The summed E-state index contributed by atoms with van der Waals surface area (Å²) in [6.45, 7) is 4.61. The van der Waals surface area contributed by atoms with E-state index in [9.17, 15) is 14.4 Å². The van der Waals surface area contributed by atoms with Crippen molar-refractivity contribution >= 4 is 52.5 Å². The number of anilines is 2. The van der Waals surface area contributed by atoms with E-state index in [1.807, 2.05) is 55.5 Å². The maximum Gasteiger partial charge on any atom is 0.242 e. The van der Waals surface area contributed by atoms with Gasteiger partial charge in [-0.15, -0.1) is 11.8 Å². The number of thioether (sulfide) groups is 1. The van der Waals surface area contributed by atoms with Crippen molar-refractivity contribution in [1.29, 1.82) is 0 Å². The molecular formula is C23H27ClN4O3S. The van der Waals surface area contributed by atoms with Crippen LogP contribution in [0.25, 0.3) is 0 Å². The summed E-state index contributed by atoms with van der Waals surface area (Å²) in [5.41, 5.74) is 2.93. The molecule has 0 bridgehead atoms. The molecule has 1 saturated heterocycles. The normalized spacial score (nSPS) is 13.6. The molecule has 1 fully saturated rings. The predicted octanol–water partition coefficient (Wildman–Crippen LogP) is 2.79. The molecule has 3 amide bonds. The standard InChI is InChI=1S/C23H27ClN4O3S/c1-17-2-6-19(7-3-17)26-22(30)16-32-15-21(29)25-14-23(31)28-12-10-27(11-13-28)20-8-4-18(24)5-9-20/h2-9H,10-16H2,1H3,(H,25,29)(H,26,30). The number of carbonyl (C=O) groups is 3. The molecule has 2 N–H and O–H groups in total. The molecule has 0 radical (unpaired) electrons. The van der Waals surface area contributed by atoms with Crippen LogP contribution in [0.3, 0.4) is 0 Å². The Bertz CT molecular complexity index is 929. The molecule has 2 aromatic rings. The van der Waals surface area contributed by atoms with Gasteiger partial charge in [-0.05, 0) is 43.3 Å². The summed E-state index contributed by atoms with van der Waals surface area (Å²) in [5.74, 6) is -0.232. The number of hydrogen-bond donors (Lipinski definition) is 2. The molecule has 0 saturated carbocycles. The van der Waals surface area contributed by atoms with Gasteiger partial charge in [-0.3, -0.25) is 14.4 Å². The predicted molar refractivity (Wildman–Crippen MR) is 130 cm³/mol. The lowest BCUT2D eigenvalue weighted by Gasteiger charge is -2.36. The summed E-state index contributed by atoms with van der Waals surface area (Å²) in [5, 5.41) is 6.14. The number of benzene rings is 2. The molecule has 1 heterocycles. The first-order valence-electron chi connectivity index (χ1n) is 10.4. The molecule has 1 aliphatic rings. The van der Waals surface area contributed by atoms with Crippen LogP contribution in [0.15, 0.2) is 48.5 Å². The third-order valence-electron chi connectivity index (χ3n) is 5.06. The molecule has 9 heteroatoms. The first-order chi connectivity index (χ1) is 15.4. The highest BCUT2D eigenvalue weighted by Gasteiger charge is 2.21. The zero-order valence-electron chi connectivity index (χ0n) is 18.0. The molecule has 0 aliphatic carbocycles. The second-order valence-electron chi connectivity index (χ2n) is 7.53. The highest BCUT2D eigenvalue weighted by molar-refractivity contribution is 8.00. The van der Waals surface area contributed by atoms with E-state index in [-0.39, 0.29) is 35.8 Å². The fourth-order valence-electron chi connectivity index (χ4n) is 3.27. The summed E-state index contributed by atoms with van der Waals surface area (Å²) in [7, 11) is 0. The van der Waals surface area contributed by atoms with E-state index in [2.05, 4.69) is 15.5 Å². The Kier molecular flexibility index (Phi) is 8.81. The van der Waals surface area contributed by atoms with Gasteiger partial charge in [-0.2, -0.15) is 0 Å². The molecule has 0 atom stereocenters. The lowest BCUT2D eigenvalue weighted by Crippen LogP contribution is -2.51. The Hall–Kier alpha value is -2.71. The van der Waals surface area contributed by atoms with E-state index in [4.69, 9.17) is 11.6 Å². The van der Waals surface area contributed by atoms with Crippen LogP contribution in [-0.2, 0) is 14.4 Å². The van der Waals surface area contributed by atoms with Crippen molar-refractivity contribution in [2.45, 2.75) is 6.92 Å². The quantitative estimate of drug-likeness (QED) is 0.614. The third-order valence-corrected chi connectivity index (χ3v) is 6.25. The largest absolute Gasteiger partial charge is 0.368 e. The Morgan fingerprint density at radius 1 is 0.906 bits per heavy atom. The minimum Gasteiger partial charge on any atom is -0.368 e. The monoisotopic (exact) mass is 474 g/mol. The number of nitrogens with one attached hydrogen (secondary N) is 2. The maximum absolute atomic E-state index is 12.4. The second kappa shape index (κ2) is 11.8. The molecule has 0 unspecified atom stereocenters. The van der Waals surface area contributed by atoms with Crippen molar-refractivity contribution in [2.75, 3.05) is 54.4 Å². The van der Waals surface area contributed by atoms with Crippen LogP contribution in [0.2, 0.25) is 5.02 Å². The molecular weight excluding hydrogens is 448 g/mol. The molecule has 32 heavy (non-hydrogen) atoms. The van der Waals surface area contributed by atoms with Crippen molar-refractivity contribution < 1.29 is 14.4 Å². The van der Waals surface area contributed by atoms with Gasteiger partial charge < -0.3 is 20.4 Å². The van der Waals surface area contributed by atoms with Gasteiger partial charge in [0, 0.05) is 42.6 Å². The molecule has 2 aromatic carbocycles. The van der Waals surface area contributed by atoms with E-state index in [1.165, 1.54) is 11.8 Å². The molecule has 7 nitrogen and oxygen atoms in total. The van der Waals surface area contributed by atoms with Gasteiger partial charge in [-0.1, -0.05) is 29.3 Å². The van der Waals surface area contributed by atoms with Crippen molar-refractivity contribution in [2.24, 2.45) is 0 Å². The topological polar surface area (TPSA) is 81.8 Å². The van der Waals surface area contributed by atoms with Gasteiger partial charge >= 0.3 is 0 Å². The maximum atomic E-state index is 12.4. The number of nitrogens with zero attached hydrogens (tertiary/aromatic N) is 2. The number of carbonyl (C=O) groups excluding carboxylic acids is 3. The van der Waals surface area contributed by atoms with Gasteiger partial charge in [0.25, 0.3) is 0 Å². The highest BCUT2D eigenvalue weighted by atomic mass is 35.5. The Labute approximate surface area is 197 Å². The van der Waals surface area contributed by atoms with Gasteiger partial charge in [0.15, 0.2) is 0 Å². The van der Waals surface area contributed by atoms with E-state index >= 15 is 0 Å². The summed E-state index contributed by atoms with van der Waals surface area (Å²) in [6, 6.07) is 15.2. The lowest BCUT2D eigenvalue weighted by atomic mass is 10.2. The molecule has 0 spiro atoms. The van der Waals surface area contributed by atoms with E-state index in [1.54, 1.807) is 4.90 Å². The number of rotatable bonds is 8. The molecule has 170 valence electrons. The van der Waals surface area contributed by atoms with E-state index in [0.717, 1.165) is 30.0 Å². The van der Waals surface area contributed by atoms with Crippen LogP contribution >= 0.6 is 23.4 Å². The highest BCUT2D eigenvalue weighted by Crippen LogP contribution is 2.19. The molecule has 0 aromatic heterocycles. The Morgan fingerprint density at radius 2 is 1.53 bits per heavy atom. The fraction of sp³-hybridized carbons (Fsp3) is 0.348. The average Bonchev–Trinajstić information content (AvgIpc) is 2.79. The number of aryl methyl sites for hydroxylation is 1. The van der Waals surface area contributed by atoms with Crippen molar-refractivity contribution in [1.82, 2.24) is 10.2 Å². The first-order valence-corrected chi connectivity index (χ1v) is 11.9. The van der Waals surface area contributed by atoms with Crippen molar-refractivity contribution in [3.8, 4) is 0 Å². The number of hydrogen-bond acceptors (Lipinski definition) is 5. The number of amides is 3. The van der Waals surface area contributed by atoms with Crippen LogP contribution in [0.5, 0.6) is 0 Å². The van der Waals surface area contributed by atoms with Crippen molar-refractivity contribution in [3.05, 3.63) is 59.1 Å². The number of halogens is 1. The van der Waals surface area contributed by atoms with E-state index in [0.29, 0.717) is 18.1 Å². The summed E-state index contributed by atoms with van der Waals surface area (Å²) >= 11 is 7.15. The minimum absolute atomic E-state index is 0.0318. The van der Waals surface area contributed by atoms with Crippen molar-refractivity contribution in [3.63, 3.8) is 0 Å². The third kappa shape index (κ3) is 7.46. The van der Waals surface area contributed by atoms with Crippen LogP contribution < -0.4 is 15.5 Å². The lowest BCUT2D eigenvalue weighted by molar-refractivity contribution is -0.132. The van der Waals surface area contributed by atoms with Crippen LogP contribution in [0.4, 0.5) is 11.4 Å². The second-order valence-corrected chi connectivity index (χ2v) is 8.95. The van der Waals surface area contributed by atoms with Gasteiger partial charge in [0.05, 0.1) is 18.1 Å². The zero-order chi connectivity index (χ0) is 22.9. The number of piperazine rings is 1. The van der Waals surface area contributed by atoms with Crippen LogP contribution in [0.1, 0.15) is 5.56 Å². The SMILES string of the molecule is Cc1ccc(NC(=O)CSCC(=O)NCC(=O)N2CCN(c3ccc(Cl)cc3)CC2)cc1. The smallest absolute Gasteiger partial charge is 0.242 e. The van der Waals surface area contributed by atoms with Gasteiger partial charge in [0.2, 0.25) is 17.7 Å². The Morgan fingerprint density at radius 3 is 2.19 bits per heavy atom. The average molecular weight is 475 g/mol. The molecule has 1 aliphatic heterocycles. The Balaban J connectivity index is 1.30. The molecule has 3 rings (SSSR count). The van der Waals surface area contributed by atoms with Gasteiger partial charge in [-0.25, -0.2) is 0 Å². The minimum atomic E-state index is -0.258. The fourth-order valence-corrected chi connectivity index (χ4v) is 4.05. The summed E-state index contributed by atoms with van der Waals surface area (Å²) < 4.78 is 0. The van der Waals surface area contributed by atoms with E-state index < -0.39 is 0 Å². The van der Waals surface area contributed by atoms with Gasteiger partial charge in [0.1, 0.15) is 0 Å². The van der Waals surface area contributed by atoms with Crippen LogP contribution in [-0.4, -0.2) is 66.9 Å². The zero-order valence-corrected chi connectivity index (χ0v) is 19.5.